The Kier molecular flexibility index (Phi) is 4.66. The van der Waals surface area contributed by atoms with E-state index in [4.69, 9.17) is 16.3 Å². The molecule has 2 aromatic carbocycles. The lowest BCUT2D eigenvalue weighted by Crippen LogP contribution is -2.14. The molecule has 2 aromatic rings. The fourth-order valence-electron chi connectivity index (χ4n) is 1.75. The van der Waals surface area contributed by atoms with Crippen LogP contribution < -0.4 is 4.74 Å². The van der Waals surface area contributed by atoms with E-state index in [1.165, 1.54) is 0 Å². The Bertz CT molecular complexity index is 525. The normalized spacial score (nSPS) is 12.1. The first kappa shape index (κ1) is 13.7. The highest BCUT2D eigenvalue weighted by Crippen LogP contribution is 2.22. The van der Waals surface area contributed by atoms with Crippen LogP contribution in [0.15, 0.2) is 48.5 Å². The quantitative estimate of drug-likeness (QED) is 0.883. The Hall–Kier alpha value is -1.71. The molecule has 0 heterocycles. The fraction of sp³-hybridized carbons (Fsp3) is 0.200. The first-order valence-electron chi connectivity index (χ1n) is 5.97. The second-order valence-corrected chi connectivity index (χ2v) is 4.68. The van der Waals surface area contributed by atoms with Crippen LogP contribution in [0.25, 0.3) is 0 Å². The first-order valence-corrected chi connectivity index (χ1v) is 6.35. The van der Waals surface area contributed by atoms with E-state index in [2.05, 4.69) is 0 Å². The Labute approximate surface area is 117 Å². The number of rotatable bonds is 5. The fourth-order valence-corrected chi connectivity index (χ4v) is 1.93. The van der Waals surface area contributed by atoms with Gasteiger partial charge in [0, 0.05) is 10.9 Å². The van der Waals surface area contributed by atoms with Crippen molar-refractivity contribution in [1.82, 2.24) is 0 Å². The minimum Gasteiger partial charge on any atom is -0.508 e. The van der Waals surface area contributed by atoms with Crippen molar-refractivity contribution in [2.24, 2.45) is 0 Å². The highest BCUT2D eigenvalue weighted by atomic mass is 35.5. The number of aliphatic hydroxyl groups excluding tert-OH is 1. The molecule has 19 heavy (non-hydrogen) atoms. The van der Waals surface area contributed by atoms with Crippen LogP contribution in [-0.2, 0) is 0 Å². The smallest absolute Gasteiger partial charge is 0.120 e. The maximum atomic E-state index is 9.41. The molecule has 0 saturated heterocycles. The summed E-state index contributed by atoms with van der Waals surface area (Å²) >= 11 is 5.87. The van der Waals surface area contributed by atoms with E-state index in [9.17, 15) is 10.2 Å². The third kappa shape index (κ3) is 3.88. The van der Waals surface area contributed by atoms with Gasteiger partial charge in [-0.2, -0.15) is 0 Å². The second kappa shape index (κ2) is 6.45. The minimum absolute atomic E-state index is 0.0225. The molecule has 0 aliphatic heterocycles. The zero-order valence-corrected chi connectivity index (χ0v) is 11.0. The number of ether oxygens (including phenoxy) is 1. The van der Waals surface area contributed by atoms with E-state index in [1.54, 1.807) is 36.4 Å². The van der Waals surface area contributed by atoms with E-state index < -0.39 is 0 Å². The second-order valence-electron chi connectivity index (χ2n) is 4.24. The molecule has 1 atom stereocenters. The number of halogens is 1. The SMILES string of the molecule is OCC(COc1cccc(Cl)c1)c1ccc(O)cc1. The maximum Gasteiger partial charge on any atom is 0.120 e. The highest BCUT2D eigenvalue weighted by molar-refractivity contribution is 6.30. The molecule has 0 aliphatic carbocycles. The van der Waals surface area contributed by atoms with Crippen molar-refractivity contribution in [3.8, 4) is 11.5 Å². The molecule has 0 aliphatic rings. The van der Waals surface area contributed by atoms with Gasteiger partial charge < -0.3 is 14.9 Å². The summed E-state index contributed by atoms with van der Waals surface area (Å²) in [5, 5.41) is 19.3. The van der Waals surface area contributed by atoms with E-state index in [0.717, 1.165) is 5.56 Å². The lowest BCUT2D eigenvalue weighted by Gasteiger charge is -2.16. The number of aliphatic hydroxyl groups is 1. The average Bonchev–Trinajstić information content (AvgIpc) is 2.41. The molecule has 0 aromatic heterocycles. The number of hydrogen-bond acceptors (Lipinski definition) is 3. The van der Waals surface area contributed by atoms with Gasteiger partial charge in [-0.15, -0.1) is 0 Å². The van der Waals surface area contributed by atoms with Gasteiger partial charge in [0.2, 0.25) is 0 Å². The molecule has 0 bridgehead atoms. The molecule has 100 valence electrons. The predicted octanol–water partition coefficient (Wildman–Crippen LogP) is 3.20. The van der Waals surface area contributed by atoms with Gasteiger partial charge in [-0.3, -0.25) is 0 Å². The molecular weight excluding hydrogens is 264 g/mol. The van der Waals surface area contributed by atoms with Crippen molar-refractivity contribution in [3.05, 3.63) is 59.1 Å². The molecule has 0 amide bonds. The molecule has 3 nitrogen and oxygen atoms in total. The van der Waals surface area contributed by atoms with Gasteiger partial charge >= 0.3 is 0 Å². The van der Waals surface area contributed by atoms with Crippen LogP contribution >= 0.6 is 11.6 Å². The Balaban J connectivity index is 2.01. The van der Waals surface area contributed by atoms with Crippen molar-refractivity contribution in [3.63, 3.8) is 0 Å². The number of hydrogen-bond donors (Lipinski definition) is 2. The number of aromatic hydroxyl groups is 1. The third-order valence-corrected chi connectivity index (χ3v) is 3.07. The molecule has 0 fully saturated rings. The zero-order chi connectivity index (χ0) is 13.7. The van der Waals surface area contributed by atoms with E-state index in [1.807, 2.05) is 12.1 Å². The van der Waals surface area contributed by atoms with Crippen molar-refractivity contribution in [2.75, 3.05) is 13.2 Å². The van der Waals surface area contributed by atoms with E-state index in [0.29, 0.717) is 17.4 Å². The summed E-state index contributed by atoms with van der Waals surface area (Å²) in [7, 11) is 0. The van der Waals surface area contributed by atoms with Crippen LogP contribution in [0.5, 0.6) is 11.5 Å². The molecule has 0 saturated carbocycles. The lowest BCUT2D eigenvalue weighted by molar-refractivity contribution is 0.205. The van der Waals surface area contributed by atoms with Crippen LogP contribution in [0.4, 0.5) is 0 Å². The number of phenolic OH excluding ortho intramolecular Hbond substituents is 1. The molecule has 0 spiro atoms. The topological polar surface area (TPSA) is 49.7 Å². The molecule has 1 unspecified atom stereocenters. The van der Waals surface area contributed by atoms with Crippen LogP contribution in [0.2, 0.25) is 5.02 Å². The summed E-state index contributed by atoms with van der Waals surface area (Å²) in [6, 6.07) is 13.9. The summed E-state index contributed by atoms with van der Waals surface area (Å²) in [5.41, 5.74) is 0.919. The largest absolute Gasteiger partial charge is 0.508 e. The van der Waals surface area contributed by atoms with Crippen LogP contribution in [0.3, 0.4) is 0 Å². The van der Waals surface area contributed by atoms with Gasteiger partial charge in [-0.1, -0.05) is 29.8 Å². The first-order chi connectivity index (χ1) is 9.19. The van der Waals surface area contributed by atoms with Gasteiger partial charge in [0.1, 0.15) is 11.5 Å². The van der Waals surface area contributed by atoms with Crippen LogP contribution in [-0.4, -0.2) is 23.4 Å². The van der Waals surface area contributed by atoms with Gasteiger partial charge in [-0.25, -0.2) is 0 Å². The Morgan fingerprint density at radius 1 is 1.11 bits per heavy atom. The highest BCUT2D eigenvalue weighted by Gasteiger charge is 2.11. The van der Waals surface area contributed by atoms with Crippen molar-refractivity contribution < 1.29 is 14.9 Å². The predicted molar refractivity (Wildman–Crippen MR) is 74.9 cm³/mol. The van der Waals surface area contributed by atoms with Crippen molar-refractivity contribution in [1.29, 1.82) is 0 Å². The van der Waals surface area contributed by atoms with E-state index in [-0.39, 0.29) is 18.3 Å². The molecule has 0 radical (unpaired) electrons. The number of benzene rings is 2. The summed E-state index contributed by atoms with van der Waals surface area (Å²) < 4.78 is 5.62. The van der Waals surface area contributed by atoms with Crippen molar-refractivity contribution >= 4 is 11.6 Å². The minimum atomic E-state index is -0.139. The Morgan fingerprint density at radius 2 is 1.84 bits per heavy atom. The monoisotopic (exact) mass is 278 g/mol. The lowest BCUT2D eigenvalue weighted by atomic mass is 10.0. The van der Waals surface area contributed by atoms with Gasteiger partial charge in [0.15, 0.2) is 0 Å². The van der Waals surface area contributed by atoms with Gasteiger partial charge in [0.25, 0.3) is 0 Å². The number of phenols is 1. The van der Waals surface area contributed by atoms with Crippen LogP contribution in [0.1, 0.15) is 11.5 Å². The molecular formula is C15H15ClO3. The average molecular weight is 279 g/mol. The van der Waals surface area contributed by atoms with Crippen molar-refractivity contribution in [2.45, 2.75) is 5.92 Å². The third-order valence-electron chi connectivity index (χ3n) is 2.83. The molecule has 2 rings (SSSR count). The summed E-state index contributed by atoms with van der Waals surface area (Å²) in [5.74, 6) is 0.737. The van der Waals surface area contributed by atoms with Gasteiger partial charge in [0.05, 0.1) is 13.2 Å². The standard InChI is InChI=1S/C15H15ClO3/c16-13-2-1-3-15(8-13)19-10-12(9-17)11-4-6-14(18)7-5-11/h1-8,12,17-18H,9-10H2. The summed E-state index contributed by atoms with van der Waals surface area (Å²) in [6.45, 7) is 0.326. The maximum absolute atomic E-state index is 9.41. The van der Waals surface area contributed by atoms with Crippen LogP contribution in [0, 0.1) is 0 Å². The Morgan fingerprint density at radius 3 is 2.47 bits per heavy atom. The summed E-state index contributed by atoms with van der Waals surface area (Å²) in [6.07, 6.45) is 0. The molecule has 4 heteroatoms. The zero-order valence-electron chi connectivity index (χ0n) is 10.3. The molecule has 2 N–H and O–H groups in total. The van der Waals surface area contributed by atoms with Gasteiger partial charge in [-0.05, 0) is 35.9 Å². The summed E-state index contributed by atoms with van der Waals surface area (Å²) in [4.78, 5) is 0. The van der Waals surface area contributed by atoms with E-state index >= 15 is 0 Å².